The van der Waals surface area contributed by atoms with Crippen LogP contribution in [0, 0.1) is 13.8 Å². The van der Waals surface area contributed by atoms with Crippen molar-refractivity contribution < 1.29 is 4.42 Å². The number of hydrogen-bond acceptors (Lipinski definition) is 2. The molecule has 2 rings (SSSR count). The summed E-state index contributed by atoms with van der Waals surface area (Å²) in [5, 5.41) is 0. The summed E-state index contributed by atoms with van der Waals surface area (Å²) in [4.78, 5) is 0. The van der Waals surface area contributed by atoms with E-state index in [-0.39, 0.29) is 6.04 Å². The molecular formula is C15H19NO. The van der Waals surface area contributed by atoms with Crippen LogP contribution in [-0.2, 0) is 6.42 Å². The number of furan rings is 1. The molecule has 0 aliphatic carbocycles. The lowest BCUT2D eigenvalue weighted by atomic mass is 9.98. The third kappa shape index (κ3) is 2.42. The van der Waals surface area contributed by atoms with Crippen LogP contribution in [-0.4, -0.2) is 0 Å². The minimum atomic E-state index is -0.0987. The van der Waals surface area contributed by atoms with Crippen molar-refractivity contribution in [2.75, 3.05) is 0 Å². The maximum absolute atomic E-state index is 6.26. The van der Waals surface area contributed by atoms with Crippen molar-refractivity contribution in [1.82, 2.24) is 0 Å². The van der Waals surface area contributed by atoms with Gasteiger partial charge in [-0.1, -0.05) is 31.2 Å². The van der Waals surface area contributed by atoms with Crippen molar-refractivity contribution in [3.63, 3.8) is 0 Å². The average molecular weight is 229 g/mol. The van der Waals surface area contributed by atoms with Crippen molar-refractivity contribution in [3.8, 4) is 0 Å². The first-order chi connectivity index (χ1) is 8.11. The lowest BCUT2D eigenvalue weighted by Gasteiger charge is -2.11. The summed E-state index contributed by atoms with van der Waals surface area (Å²) in [5.41, 5.74) is 9.80. The van der Waals surface area contributed by atoms with Crippen LogP contribution in [0.15, 0.2) is 34.7 Å². The summed E-state index contributed by atoms with van der Waals surface area (Å²) in [6, 6.07) is 10.4. The van der Waals surface area contributed by atoms with Crippen LogP contribution in [0.4, 0.5) is 0 Å². The Morgan fingerprint density at radius 2 is 1.82 bits per heavy atom. The first-order valence-electron chi connectivity index (χ1n) is 6.03. The van der Waals surface area contributed by atoms with Crippen molar-refractivity contribution in [3.05, 3.63) is 58.5 Å². The van der Waals surface area contributed by atoms with Crippen LogP contribution in [0.2, 0.25) is 0 Å². The van der Waals surface area contributed by atoms with Crippen molar-refractivity contribution in [1.29, 1.82) is 0 Å². The molecule has 2 heteroatoms. The molecule has 0 fully saturated rings. The van der Waals surface area contributed by atoms with Crippen LogP contribution in [0.1, 0.15) is 41.2 Å². The van der Waals surface area contributed by atoms with Gasteiger partial charge in [-0.15, -0.1) is 0 Å². The van der Waals surface area contributed by atoms with Gasteiger partial charge in [0.1, 0.15) is 11.5 Å². The van der Waals surface area contributed by atoms with Crippen LogP contribution < -0.4 is 5.73 Å². The zero-order valence-corrected chi connectivity index (χ0v) is 10.7. The highest BCUT2D eigenvalue weighted by molar-refractivity contribution is 5.35. The van der Waals surface area contributed by atoms with E-state index in [4.69, 9.17) is 10.2 Å². The lowest BCUT2D eigenvalue weighted by Crippen LogP contribution is -2.12. The molecular weight excluding hydrogens is 210 g/mol. The Labute approximate surface area is 102 Å². The molecule has 90 valence electrons. The summed E-state index contributed by atoms with van der Waals surface area (Å²) < 4.78 is 5.52. The van der Waals surface area contributed by atoms with Crippen molar-refractivity contribution in [2.24, 2.45) is 5.73 Å². The van der Waals surface area contributed by atoms with Gasteiger partial charge in [-0.3, -0.25) is 0 Å². The molecule has 2 nitrogen and oxygen atoms in total. The quantitative estimate of drug-likeness (QED) is 0.874. The number of rotatable bonds is 3. The minimum Gasteiger partial charge on any atom is -0.466 e. The van der Waals surface area contributed by atoms with Gasteiger partial charge < -0.3 is 10.2 Å². The summed E-state index contributed by atoms with van der Waals surface area (Å²) in [5.74, 6) is 1.83. The molecule has 1 unspecified atom stereocenters. The Bertz CT molecular complexity index is 496. The second-order valence-corrected chi connectivity index (χ2v) is 4.44. The normalized spacial score (nSPS) is 12.7. The molecule has 0 bridgehead atoms. The predicted octanol–water partition coefficient (Wildman–Crippen LogP) is 3.51. The van der Waals surface area contributed by atoms with Gasteiger partial charge in [0.05, 0.1) is 6.04 Å². The smallest absolute Gasteiger partial charge is 0.106 e. The highest BCUT2D eigenvalue weighted by atomic mass is 16.3. The zero-order chi connectivity index (χ0) is 12.4. The van der Waals surface area contributed by atoms with Crippen LogP contribution >= 0.6 is 0 Å². The van der Waals surface area contributed by atoms with Gasteiger partial charge in [0.25, 0.3) is 0 Å². The topological polar surface area (TPSA) is 39.2 Å². The van der Waals surface area contributed by atoms with Gasteiger partial charge in [-0.25, -0.2) is 0 Å². The highest BCUT2D eigenvalue weighted by Gasteiger charge is 2.14. The molecule has 2 aromatic rings. The van der Waals surface area contributed by atoms with E-state index in [1.807, 2.05) is 19.9 Å². The Morgan fingerprint density at radius 1 is 1.18 bits per heavy atom. The largest absolute Gasteiger partial charge is 0.466 e. The average Bonchev–Trinajstić information content (AvgIpc) is 2.68. The van der Waals surface area contributed by atoms with Crippen LogP contribution in [0.3, 0.4) is 0 Å². The first kappa shape index (κ1) is 11.9. The molecule has 1 aromatic carbocycles. The van der Waals surface area contributed by atoms with Gasteiger partial charge >= 0.3 is 0 Å². The summed E-state index contributed by atoms with van der Waals surface area (Å²) >= 11 is 0. The molecule has 1 heterocycles. The molecule has 0 amide bonds. The molecule has 0 aliphatic heterocycles. The van der Waals surface area contributed by atoms with Crippen molar-refractivity contribution in [2.45, 2.75) is 33.2 Å². The Kier molecular flexibility index (Phi) is 3.34. The summed E-state index contributed by atoms with van der Waals surface area (Å²) in [7, 11) is 0. The first-order valence-corrected chi connectivity index (χ1v) is 6.03. The monoisotopic (exact) mass is 229 g/mol. The standard InChI is InChI=1S/C15H19NO/c1-4-12-5-7-13(8-6-12)15(16)14-9-10(2)17-11(14)3/h5-9,15H,4,16H2,1-3H3. The fraction of sp³-hybridized carbons (Fsp3) is 0.333. The summed E-state index contributed by atoms with van der Waals surface area (Å²) in [6.07, 6.45) is 1.05. The molecule has 17 heavy (non-hydrogen) atoms. The summed E-state index contributed by atoms with van der Waals surface area (Å²) in [6.45, 7) is 6.06. The Hall–Kier alpha value is -1.54. The molecule has 0 saturated heterocycles. The fourth-order valence-corrected chi connectivity index (χ4v) is 2.10. The number of benzene rings is 1. The third-order valence-corrected chi connectivity index (χ3v) is 3.16. The molecule has 2 N–H and O–H groups in total. The molecule has 0 aliphatic rings. The molecule has 0 radical (unpaired) electrons. The van der Waals surface area contributed by atoms with E-state index in [0.717, 1.165) is 29.1 Å². The SMILES string of the molecule is CCc1ccc(C(N)c2cc(C)oc2C)cc1. The number of nitrogens with two attached hydrogens (primary N) is 1. The van der Waals surface area contributed by atoms with Gasteiger partial charge in [0.15, 0.2) is 0 Å². The van der Waals surface area contributed by atoms with Crippen LogP contribution in [0.25, 0.3) is 0 Å². The maximum Gasteiger partial charge on any atom is 0.106 e. The molecule has 1 aromatic heterocycles. The highest BCUT2D eigenvalue weighted by Crippen LogP contribution is 2.25. The van der Waals surface area contributed by atoms with E-state index < -0.39 is 0 Å². The van der Waals surface area contributed by atoms with Crippen LogP contribution in [0.5, 0.6) is 0 Å². The van der Waals surface area contributed by atoms with E-state index in [1.165, 1.54) is 5.56 Å². The lowest BCUT2D eigenvalue weighted by molar-refractivity contribution is 0.499. The maximum atomic E-state index is 6.26. The van der Waals surface area contributed by atoms with Crippen molar-refractivity contribution >= 4 is 0 Å². The van der Waals surface area contributed by atoms with Gasteiger partial charge in [-0.2, -0.15) is 0 Å². The zero-order valence-electron chi connectivity index (χ0n) is 10.7. The van der Waals surface area contributed by atoms with E-state index in [9.17, 15) is 0 Å². The van der Waals surface area contributed by atoms with Gasteiger partial charge in [0.2, 0.25) is 0 Å². The second kappa shape index (κ2) is 4.76. The number of aryl methyl sites for hydroxylation is 3. The second-order valence-electron chi connectivity index (χ2n) is 4.44. The molecule has 0 spiro atoms. The van der Waals surface area contributed by atoms with E-state index >= 15 is 0 Å². The van der Waals surface area contributed by atoms with Gasteiger partial charge in [-0.05, 0) is 37.5 Å². The Balaban J connectivity index is 2.30. The minimum absolute atomic E-state index is 0.0987. The Morgan fingerprint density at radius 3 is 2.29 bits per heavy atom. The molecule has 0 saturated carbocycles. The molecule has 1 atom stereocenters. The fourth-order valence-electron chi connectivity index (χ4n) is 2.10. The third-order valence-electron chi connectivity index (χ3n) is 3.16. The van der Waals surface area contributed by atoms with E-state index in [1.54, 1.807) is 0 Å². The predicted molar refractivity (Wildman–Crippen MR) is 70.0 cm³/mol. The van der Waals surface area contributed by atoms with E-state index in [2.05, 4.69) is 31.2 Å². The number of hydrogen-bond donors (Lipinski definition) is 1. The van der Waals surface area contributed by atoms with Gasteiger partial charge in [0, 0.05) is 5.56 Å². The van der Waals surface area contributed by atoms with E-state index in [0.29, 0.717) is 0 Å².